The third kappa shape index (κ3) is 3.63. The number of benzene rings is 2. The predicted molar refractivity (Wildman–Crippen MR) is 86.2 cm³/mol. The zero-order valence-electron chi connectivity index (χ0n) is 13.0. The quantitative estimate of drug-likeness (QED) is 0.910. The lowest BCUT2D eigenvalue weighted by atomic mass is 10.0. The second-order valence-corrected chi connectivity index (χ2v) is 5.19. The average molecular weight is 283 g/mol. The van der Waals surface area contributed by atoms with Crippen molar-refractivity contribution in [2.45, 2.75) is 27.7 Å². The summed E-state index contributed by atoms with van der Waals surface area (Å²) < 4.78 is 5.43. The summed E-state index contributed by atoms with van der Waals surface area (Å²) in [6, 6.07) is 11.4. The fourth-order valence-electron chi connectivity index (χ4n) is 2.46. The van der Waals surface area contributed by atoms with E-state index in [0.717, 1.165) is 16.8 Å². The van der Waals surface area contributed by atoms with E-state index in [1.165, 1.54) is 5.56 Å². The van der Waals surface area contributed by atoms with Gasteiger partial charge in [0.25, 0.3) is 5.91 Å². The van der Waals surface area contributed by atoms with Crippen molar-refractivity contribution in [3.63, 3.8) is 0 Å². The van der Waals surface area contributed by atoms with Gasteiger partial charge in [0.05, 0.1) is 6.61 Å². The van der Waals surface area contributed by atoms with Crippen LogP contribution in [0, 0.1) is 20.8 Å². The highest BCUT2D eigenvalue weighted by Crippen LogP contribution is 2.23. The number of aryl methyl sites for hydroxylation is 3. The van der Waals surface area contributed by atoms with E-state index in [1.807, 2.05) is 32.9 Å². The number of nitrogens with one attached hydrogen (secondary N) is 1. The van der Waals surface area contributed by atoms with Gasteiger partial charge < -0.3 is 10.1 Å². The van der Waals surface area contributed by atoms with Gasteiger partial charge >= 0.3 is 0 Å². The zero-order chi connectivity index (χ0) is 15.4. The van der Waals surface area contributed by atoms with E-state index in [2.05, 4.69) is 24.4 Å². The molecule has 3 nitrogen and oxygen atoms in total. The van der Waals surface area contributed by atoms with Crippen molar-refractivity contribution >= 4 is 11.6 Å². The smallest absolute Gasteiger partial charge is 0.255 e. The highest BCUT2D eigenvalue weighted by atomic mass is 16.5. The van der Waals surface area contributed by atoms with Crippen LogP contribution >= 0.6 is 0 Å². The fourth-order valence-corrected chi connectivity index (χ4v) is 2.46. The molecule has 0 aliphatic carbocycles. The molecule has 0 aliphatic rings. The molecule has 0 atom stereocenters. The summed E-state index contributed by atoms with van der Waals surface area (Å²) in [6.07, 6.45) is 0. The molecule has 110 valence electrons. The normalized spacial score (nSPS) is 10.3. The van der Waals surface area contributed by atoms with Gasteiger partial charge in [-0.1, -0.05) is 23.8 Å². The lowest BCUT2D eigenvalue weighted by Crippen LogP contribution is -2.14. The standard InChI is InChI=1S/C18H21NO2/c1-5-21-16-8-6-7-15(11-16)18(20)19-17-13(3)9-12(2)10-14(17)4/h6-11H,5H2,1-4H3,(H,19,20). The minimum absolute atomic E-state index is 0.119. The summed E-state index contributed by atoms with van der Waals surface area (Å²) in [6.45, 7) is 8.57. The third-order valence-electron chi connectivity index (χ3n) is 3.32. The van der Waals surface area contributed by atoms with Crippen molar-refractivity contribution < 1.29 is 9.53 Å². The fraction of sp³-hybridized carbons (Fsp3) is 0.278. The van der Waals surface area contributed by atoms with Crippen LogP contribution in [0.4, 0.5) is 5.69 Å². The van der Waals surface area contributed by atoms with E-state index in [4.69, 9.17) is 4.74 Å². The first-order valence-electron chi connectivity index (χ1n) is 7.13. The van der Waals surface area contributed by atoms with Gasteiger partial charge in [0.2, 0.25) is 0 Å². The maximum absolute atomic E-state index is 12.4. The molecule has 0 saturated heterocycles. The topological polar surface area (TPSA) is 38.3 Å². The Labute approximate surface area is 126 Å². The number of ether oxygens (including phenoxy) is 1. The monoisotopic (exact) mass is 283 g/mol. The van der Waals surface area contributed by atoms with E-state index in [1.54, 1.807) is 12.1 Å². The van der Waals surface area contributed by atoms with Crippen LogP contribution in [0.3, 0.4) is 0 Å². The summed E-state index contributed by atoms with van der Waals surface area (Å²) in [5.41, 5.74) is 4.82. The summed E-state index contributed by atoms with van der Waals surface area (Å²) in [7, 11) is 0. The molecule has 0 unspecified atom stereocenters. The number of hydrogen-bond acceptors (Lipinski definition) is 2. The molecule has 2 rings (SSSR count). The number of amides is 1. The molecule has 1 N–H and O–H groups in total. The molecule has 0 aromatic heterocycles. The van der Waals surface area contributed by atoms with Gasteiger partial charge in [0.1, 0.15) is 5.75 Å². The first kappa shape index (κ1) is 15.1. The predicted octanol–water partition coefficient (Wildman–Crippen LogP) is 4.26. The molecular formula is C18H21NO2. The zero-order valence-corrected chi connectivity index (χ0v) is 13.0. The van der Waals surface area contributed by atoms with Gasteiger partial charge in [0.15, 0.2) is 0 Å². The van der Waals surface area contributed by atoms with Gasteiger partial charge in [-0.25, -0.2) is 0 Å². The van der Waals surface area contributed by atoms with Gasteiger partial charge in [-0.2, -0.15) is 0 Å². The van der Waals surface area contributed by atoms with Crippen LogP contribution in [-0.4, -0.2) is 12.5 Å². The lowest BCUT2D eigenvalue weighted by Gasteiger charge is -2.13. The summed E-state index contributed by atoms with van der Waals surface area (Å²) in [5, 5.41) is 3.00. The number of carbonyl (C=O) groups excluding carboxylic acids is 1. The molecule has 0 aliphatic heterocycles. The maximum atomic E-state index is 12.4. The first-order valence-corrected chi connectivity index (χ1v) is 7.13. The lowest BCUT2D eigenvalue weighted by molar-refractivity contribution is 0.102. The van der Waals surface area contributed by atoms with E-state index < -0.39 is 0 Å². The molecule has 3 heteroatoms. The van der Waals surface area contributed by atoms with Crippen LogP contribution < -0.4 is 10.1 Å². The Morgan fingerprint density at radius 3 is 2.38 bits per heavy atom. The van der Waals surface area contributed by atoms with Crippen molar-refractivity contribution in [3.8, 4) is 5.75 Å². The molecule has 0 radical (unpaired) electrons. The van der Waals surface area contributed by atoms with Crippen LogP contribution in [0.1, 0.15) is 34.0 Å². The minimum atomic E-state index is -0.119. The SMILES string of the molecule is CCOc1cccc(C(=O)Nc2c(C)cc(C)cc2C)c1. The Balaban J connectivity index is 2.24. The van der Waals surface area contributed by atoms with Crippen LogP contribution in [0.25, 0.3) is 0 Å². The van der Waals surface area contributed by atoms with Crippen LogP contribution in [0.5, 0.6) is 5.75 Å². The molecule has 1 amide bonds. The Bertz CT molecular complexity index is 639. The molecule has 0 heterocycles. The minimum Gasteiger partial charge on any atom is -0.494 e. The van der Waals surface area contributed by atoms with Crippen molar-refractivity contribution in [1.29, 1.82) is 0 Å². The molecule has 21 heavy (non-hydrogen) atoms. The summed E-state index contributed by atoms with van der Waals surface area (Å²) in [4.78, 5) is 12.4. The van der Waals surface area contributed by atoms with Crippen molar-refractivity contribution in [1.82, 2.24) is 0 Å². The Hall–Kier alpha value is -2.29. The van der Waals surface area contributed by atoms with E-state index in [9.17, 15) is 4.79 Å². The molecule has 0 spiro atoms. The van der Waals surface area contributed by atoms with Crippen molar-refractivity contribution in [2.24, 2.45) is 0 Å². The van der Waals surface area contributed by atoms with Crippen LogP contribution in [0.15, 0.2) is 36.4 Å². The van der Waals surface area contributed by atoms with E-state index in [-0.39, 0.29) is 5.91 Å². The summed E-state index contributed by atoms with van der Waals surface area (Å²) >= 11 is 0. The number of rotatable bonds is 4. The van der Waals surface area contributed by atoms with Crippen molar-refractivity contribution in [2.75, 3.05) is 11.9 Å². The molecule has 2 aromatic carbocycles. The number of hydrogen-bond donors (Lipinski definition) is 1. The van der Waals surface area contributed by atoms with Gasteiger partial charge in [-0.3, -0.25) is 4.79 Å². The third-order valence-corrected chi connectivity index (χ3v) is 3.32. The second kappa shape index (κ2) is 6.44. The average Bonchev–Trinajstić information content (AvgIpc) is 2.43. The highest BCUT2D eigenvalue weighted by Gasteiger charge is 2.11. The number of anilines is 1. The van der Waals surface area contributed by atoms with E-state index in [0.29, 0.717) is 17.9 Å². The molecule has 2 aromatic rings. The Morgan fingerprint density at radius 1 is 1.10 bits per heavy atom. The van der Waals surface area contributed by atoms with Gasteiger partial charge in [-0.05, 0) is 57.0 Å². The largest absolute Gasteiger partial charge is 0.494 e. The number of carbonyl (C=O) groups is 1. The second-order valence-electron chi connectivity index (χ2n) is 5.19. The molecule has 0 fully saturated rings. The van der Waals surface area contributed by atoms with Crippen LogP contribution in [-0.2, 0) is 0 Å². The molecule has 0 bridgehead atoms. The Kier molecular flexibility index (Phi) is 4.63. The maximum Gasteiger partial charge on any atom is 0.255 e. The highest BCUT2D eigenvalue weighted by molar-refractivity contribution is 6.05. The van der Waals surface area contributed by atoms with Crippen molar-refractivity contribution in [3.05, 3.63) is 58.7 Å². The summed E-state index contributed by atoms with van der Waals surface area (Å²) in [5.74, 6) is 0.592. The molecule has 0 saturated carbocycles. The van der Waals surface area contributed by atoms with Gasteiger partial charge in [-0.15, -0.1) is 0 Å². The molecular weight excluding hydrogens is 262 g/mol. The van der Waals surface area contributed by atoms with Crippen LogP contribution in [0.2, 0.25) is 0 Å². The Morgan fingerprint density at radius 2 is 1.76 bits per heavy atom. The van der Waals surface area contributed by atoms with Gasteiger partial charge in [0, 0.05) is 11.3 Å². The first-order chi connectivity index (χ1) is 10.0. The van der Waals surface area contributed by atoms with E-state index >= 15 is 0 Å².